The van der Waals surface area contributed by atoms with Gasteiger partial charge in [-0.2, -0.15) is 0 Å². The molecule has 0 atom stereocenters. The topological polar surface area (TPSA) is 59.8 Å². The van der Waals surface area contributed by atoms with Gasteiger partial charge in [-0.15, -0.1) is 0 Å². The van der Waals surface area contributed by atoms with E-state index in [1.54, 1.807) is 17.9 Å². The molecule has 1 aliphatic heterocycles. The van der Waals surface area contributed by atoms with Gasteiger partial charge >= 0.3 is 5.97 Å². The predicted octanol–water partition coefficient (Wildman–Crippen LogP) is 2.85. The number of para-hydroxylation sites is 1. The molecule has 2 heterocycles. The third kappa shape index (κ3) is 2.84. The number of ether oxygens (including phenoxy) is 1. The van der Waals surface area contributed by atoms with Gasteiger partial charge in [-0.05, 0) is 31.9 Å². The van der Waals surface area contributed by atoms with Crippen molar-refractivity contribution in [3.63, 3.8) is 0 Å². The lowest BCUT2D eigenvalue weighted by Gasteiger charge is -2.30. The number of piperidine rings is 1. The zero-order valence-corrected chi connectivity index (χ0v) is 12.6. The summed E-state index contributed by atoms with van der Waals surface area (Å²) >= 11 is 0. The zero-order chi connectivity index (χ0) is 15.5. The number of carbonyl (C=O) groups excluding carboxylic acids is 2. The molecule has 0 saturated carbocycles. The summed E-state index contributed by atoms with van der Waals surface area (Å²) in [6.07, 6.45) is 1.29. The molecular formula is C17H19NO4. The predicted molar refractivity (Wildman–Crippen MR) is 81.5 cm³/mol. The molecule has 1 fully saturated rings. The first-order chi connectivity index (χ1) is 10.7. The van der Waals surface area contributed by atoms with Gasteiger partial charge in [0.25, 0.3) is 5.91 Å². The van der Waals surface area contributed by atoms with Crippen LogP contribution in [0, 0.1) is 5.92 Å². The number of amides is 1. The summed E-state index contributed by atoms with van der Waals surface area (Å²) < 4.78 is 10.7. The highest BCUT2D eigenvalue weighted by Crippen LogP contribution is 2.23. The summed E-state index contributed by atoms with van der Waals surface area (Å²) in [4.78, 5) is 25.9. The fraction of sp³-hybridized carbons (Fsp3) is 0.412. The van der Waals surface area contributed by atoms with Crippen molar-refractivity contribution >= 4 is 22.8 Å². The molecule has 0 N–H and O–H groups in total. The SMILES string of the molecule is CCOC(=O)C1CCN(C(=O)c2cc3ccccc3o2)CC1. The fourth-order valence-corrected chi connectivity index (χ4v) is 2.82. The summed E-state index contributed by atoms with van der Waals surface area (Å²) in [6.45, 7) is 3.31. The minimum absolute atomic E-state index is 0.0975. The smallest absolute Gasteiger partial charge is 0.309 e. The van der Waals surface area contributed by atoms with Gasteiger partial charge in [-0.3, -0.25) is 9.59 Å². The molecule has 1 amide bonds. The summed E-state index contributed by atoms with van der Waals surface area (Å²) in [7, 11) is 0. The second kappa shape index (κ2) is 6.22. The Kier molecular flexibility index (Phi) is 4.13. The van der Waals surface area contributed by atoms with E-state index in [2.05, 4.69) is 0 Å². The van der Waals surface area contributed by atoms with Crippen LogP contribution >= 0.6 is 0 Å². The third-order valence-corrected chi connectivity index (χ3v) is 4.04. The minimum atomic E-state index is -0.154. The normalized spacial score (nSPS) is 16.0. The molecule has 5 nitrogen and oxygen atoms in total. The largest absolute Gasteiger partial charge is 0.466 e. The van der Waals surface area contributed by atoms with Gasteiger partial charge in [-0.25, -0.2) is 0 Å². The molecule has 1 aromatic heterocycles. The van der Waals surface area contributed by atoms with Gasteiger partial charge in [0, 0.05) is 18.5 Å². The molecule has 1 aromatic carbocycles. The molecular weight excluding hydrogens is 282 g/mol. The van der Waals surface area contributed by atoms with Crippen molar-refractivity contribution in [2.75, 3.05) is 19.7 Å². The van der Waals surface area contributed by atoms with E-state index in [4.69, 9.17) is 9.15 Å². The first kappa shape index (κ1) is 14.6. The second-order valence-electron chi connectivity index (χ2n) is 5.47. The summed E-state index contributed by atoms with van der Waals surface area (Å²) in [5.41, 5.74) is 0.715. The van der Waals surface area contributed by atoms with E-state index < -0.39 is 0 Å². The standard InChI is InChI=1S/C17H19NO4/c1-2-21-17(20)12-7-9-18(10-8-12)16(19)15-11-13-5-3-4-6-14(13)22-15/h3-6,11-12H,2,7-10H2,1H3. The van der Waals surface area contributed by atoms with Crippen LogP contribution in [0.15, 0.2) is 34.7 Å². The maximum absolute atomic E-state index is 12.5. The molecule has 1 aliphatic rings. The van der Waals surface area contributed by atoms with Crippen LogP contribution in [0.25, 0.3) is 11.0 Å². The van der Waals surface area contributed by atoms with Gasteiger partial charge in [0.15, 0.2) is 5.76 Å². The Bertz CT molecular complexity index is 650. The first-order valence-electron chi connectivity index (χ1n) is 7.63. The van der Waals surface area contributed by atoms with Crippen LogP contribution in [0.2, 0.25) is 0 Å². The Morgan fingerprint density at radius 1 is 1.27 bits per heavy atom. The average Bonchev–Trinajstić information content (AvgIpc) is 2.98. The molecule has 5 heteroatoms. The van der Waals surface area contributed by atoms with Crippen molar-refractivity contribution in [2.45, 2.75) is 19.8 Å². The minimum Gasteiger partial charge on any atom is -0.466 e. The van der Waals surface area contributed by atoms with Gasteiger partial charge < -0.3 is 14.1 Å². The highest BCUT2D eigenvalue weighted by molar-refractivity contribution is 5.96. The van der Waals surface area contributed by atoms with Crippen LogP contribution < -0.4 is 0 Å². The summed E-state index contributed by atoms with van der Waals surface area (Å²) in [5, 5.41) is 0.923. The Labute approximate surface area is 128 Å². The lowest BCUT2D eigenvalue weighted by Crippen LogP contribution is -2.40. The quantitative estimate of drug-likeness (QED) is 0.818. The number of fused-ring (bicyclic) bond motifs is 1. The van der Waals surface area contributed by atoms with Gasteiger partial charge in [0.05, 0.1) is 12.5 Å². The Balaban J connectivity index is 1.65. The number of likely N-dealkylation sites (tertiary alicyclic amines) is 1. The number of esters is 1. The van der Waals surface area contributed by atoms with E-state index in [9.17, 15) is 9.59 Å². The van der Waals surface area contributed by atoms with Gasteiger partial charge in [0.1, 0.15) is 5.58 Å². The van der Waals surface area contributed by atoms with E-state index in [1.807, 2.05) is 24.3 Å². The van der Waals surface area contributed by atoms with E-state index in [-0.39, 0.29) is 17.8 Å². The molecule has 2 aromatic rings. The number of hydrogen-bond donors (Lipinski definition) is 0. The number of furan rings is 1. The highest BCUT2D eigenvalue weighted by Gasteiger charge is 2.29. The lowest BCUT2D eigenvalue weighted by atomic mass is 9.97. The van der Waals surface area contributed by atoms with Crippen LogP contribution in [-0.2, 0) is 9.53 Å². The van der Waals surface area contributed by atoms with Crippen molar-refractivity contribution in [1.29, 1.82) is 0 Å². The molecule has 0 radical (unpaired) electrons. The second-order valence-corrected chi connectivity index (χ2v) is 5.47. The number of carbonyl (C=O) groups is 2. The molecule has 3 rings (SSSR count). The Morgan fingerprint density at radius 3 is 2.68 bits per heavy atom. The lowest BCUT2D eigenvalue weighted by molar-refractivity contribution is -0.149. The fourth-order valence-electron chi connectivity index (χ4n) is 2.82. The third-order valence-electron chi connectivity index (χ3n) is 4.04. The highest BCUT2D eigenvalue weighted by atomic mass is 16.5. The van der Waals surface area contributed by atoms with Crippen LogP contribution in [-0.4, -0.2) is 36.5 Å². The molecule has 1 saturated heterocycles. The monoisotopic (exact) mass is 301 g/mol. The molecule has 116 valence electrons. The summed E-state index contributed by atoms with van der Waals surface area (Å²) in [5.74, 6) is -0.00713. The number of benzene rings is 1. The van der Waals surface area contributed by atoms with Crippen molar-refractivity contribution in [3.05, 3.63) is 36.1 Å². The van der Waals surface area contributed by atoms with Crippen LogP contribution in [0.3, 0.4) is 0 Å². The molecule has 0 aliphatic carbocycles. The maximum Gasteiger partial charge on any atom is 0.309 e. The van der Waals surface area contributed by atoms with E-state index in [0.29, 0.717) is 43.9 Å². The maximum atomic E-state index is 12.5. The number of hydrogen-bond acceptors (Lipinski definition) is 4. The van der Waals surface area contributed by atoms with E-state index in [1.165, 1.54) is 0 Å². The number of rotatable bonds is 3. The molecule has 0 unspecified atom stereocenters. The average molecular weight is 301 g/mol. The molecule has 0 bridgehead atoms. The van der Waals surface area contributed by atoms with E-state index >= 15 is 0 Å². The number of nitrogens with zero attached hydrogens (tertiary/aromatic N) is 1. The van der Waals surface area contributed by atoms with Crippen molar-refractivity contribution in [3.8, 4) is 0 Å². The summed E-state index contributed by atoms with van der Waals surface area (Å²) in [6, 6.07) is 9.33. The first-order valence-corrected chi connectivity index (χ1v) is 7.63. The van der Waals surface area contributed by atoms with Gasteiger partial charge in [0.2, 0.25) is 0 Å². The van der Waals surface area contributed by atoms with Crippen LogP contribution in [0.5, 0.6) is 0 Å². The van der Waals surface area contributed by atoms with E-state index in [0.717, 1.165) is 5.39 Å². The molecule has 0 spiro atoms. The Morgan fingerprint density at radius 2 is 2.00 bits per heavy atom. The zero-order valence-electron chi connectivity index (χ0n) is 12.6. The van der Waals surface area contributed by atoms with Crippen molar-refractivity contribution < 1.29 is 18.7 Å². The van der Waals surface area contributed by atoms with Crippen LogP contribution in [0.4, 0.5) is 0 Å². The Hall–Kier alpha value is -2.30. The van der Waals surface area contributed by atoms with Crippen molar-refractivity contribution in [1.82, 2.24) is 4.90 Å². The van der Waals surface area contributed by atoms with Gasteiger partial charge in [-0.1, -0.05) is 18.2 Å². The molecule has 22 heavy (non-hydrogen) atoms. The van der Waals surface area contributed by atoms with Crippen molar-refractivity contribution in [2.24, 2.45) is 5.92 Å². The van der Waals surface area contributed by atoms with Crippen LogP contribution in [0.1, 0.15) is 30.3 Å².